The molecule has 0 fully saturated rings. The SMILES string of the molecule is COC(=O)CCC1N=c2ccccc2=NC1=O. The highest BCUT2D eigenvalue weighted by Crippen LogP contribution is 2.06. The summed E-state index contributed by atoms with van der Waals surface area (Å²) >= 11 is 0. The predicted molar refractivity (Wildman–Crippen MR) is 58.8 cm³/mol. The zero-order chi connectivity index (χ0) is 12.3. The van der Waals surface area contributed by atoms with Gasteiger partial charge in [-0.2, -0.15) is 0 Å². The van der Waals surface area contributed by atoms with Crippen LogP contribution in [0.3, 0.4) is 0 Å². The average Bonchev–Trinajstić information content (AvgIpc) is 2.35. The Hall–Kier alpha value is -2.04. The molecule has 0 N–H and O–H groups in total. The molecule has 1 heterocycles. The summed E-state index contributed by atoms with van der Waals surface area (Å²) < 4.78 is 4.52. The van der Waals surface area contributed by atoms with Crippen molar-refractivity contribution >= 4 is 11.9 Å². The number of para-hydroxylation sites is 2. The monoisotopic (exact) mass is 232 g/mol. The lowest BCUT2D eigenvalue weighted by atomic mass is 10.1. The molecule has 88 valence electrons. The van der Waals surface area contributed by atoms with Gasteiger partial charge < -0.3 is 4.74 Å². The summed E-state index contributed by atoms with van der Waals surface area (Å²) in [6.07, 6.45) is 0.511. The molecule has 1 aromatic carbocycles. The van der Waals surface area contributed by atoms with Crippen LogP contribution in [0.15, 0.2) is 34.3 Å². The van der Waals surface area contributed by atoms with Gasteiger partial charge in [0.2, 0.25) is 0 Å². The summed E-state index contributed by atoms with van der Waals surface area (Å²) in [6, 6.07) is 6.62. The minimum atomic E-state index is -0.566. The van der Waals surface area contributed by atoms with Crippen LogP contribution in [0.1, 0.15) is 12.8 Å². The predicted octanol–water partition coefficient (Wildman–Crippen LogP) is -0.212. The van der Waals surface area contributed by atoms with Crippen LogP contribution in [-0.4, -0.2) is 25.0 Å². The normalized spacial score (nSPS) is 17.7. The van der Waals surface area contributed by atoms with Gasteiger partial charge in [0.1, 0.15) is 6.04 Å². The first-order valence-corrected chi connectivity index (χ1v) is 5.33. The fourth-order valence-corrected chi connectivity index (χ4v) is 1.63. The van der Waals surface area contributed by atoms with E-state index in [1.165, 1.54) is 7.11 Å². The molecule has 1 unspecified atom stereocenters. The van der Waals surface area contributed by atoms with Crippen LogP contribution in [0.25, 0.3) is 0 Å². The number of hydrogen-bond acceptors (Lipinski definition) is 4. The number of carbonyl (C=O) groups is 2. The van der Waals surface area contributed by atoms with Crippen molar-refractivity contribution in [1.82, 2.24) is 0 Å². The Labute approximate surface area is 97.8 Å². The van der Waals surface area contributed by atoms with E-state index in [1.54, 1.807) is 18.2 Å². The van der Waals surface area contributed by atoms with Gasteiger partial charge in [0.05, 0.1) is 17.8 Å². The Morgan fingerprint density at radius 3 is 2.76 bits per heavy atom. The van der Waals surface area contributed by atoms with Gasteiger partial charge >= 0.3 is 5.97 Å². The molecule has 2 rings (SSSR count). The first-order valence-electron chi connectivity index (χ1n) is 5.33. The molecule has 1 aromatic rings. The molecular weight excluding hydrogens is 220 g/mol. The molecule has 17 heavy (non-hydrogen) atoms. The number of nitrogens with zero attached hydrogens (tertiary/aromatic N) is 2. The van der Waals surface area contributed by atoms with Crippen LogP contribution in [0.4, 0.5) is 0 Å². The Kier molecular flexibility index (Phi) is 3.27. The quantitative estimate of drug-likeness (QED) is 0.677. The topological polar surface area (TPSA) is 68.1 Å². The molecule has 5 nitrogen and oxygen atoms in total. The highest BCUT2D eigenvalue weighted by Gasteiger charge is 2.20. The Balaban J connectivity index is 2.20. The first kappa shape index (κ1) is 11.4. The van der Waals surface area contributed by atoms with E-state index in [9.17, 15) is 9.59 Å². The van der Waals surface area contributed by atoms with Crippen molar-refractivity contribution in [3.63, 3.8) is 0 Å². The minimum Gasteiger partial charge on any atom is -0.469 e. The molecule has 1 amide bonds. The molecule has 0 spiro atoms. The zero-order valence-electron chi connectivity index (χ0n) is 9.42. The number of fused-ring (bicyclic) bond motifs is 1. The molecule has 1 atom stereocenters. The molecule has 0 aliphatic carbocycles. The highest BCUT2D eigenvalue weighted by atomic mass is 16.5. The lowest BCUT2D eigenvalue weighted by molar-refractivity contribution is -0.140. The number of hydrogen-bond donors (Lipinski definition) is 0. The third kappa shape index (κ3) is 2.55. The van der Waals surface area contributed by atoms with E-state index < -0.39 is 6.04 Å². The fourth-order valence-electron chi connectivity index (χ4n) is 1.63. The standard InChI is InChI=1S/C12H12N2O3/c1-17-11(15)7-6-10-12(16)14-9-5-3-2-4-8(9)13-10/h2-5,10H,6-7H2,1H3. The summed E-state index contributed by atoms with van der Waals surface area (Å²) in [7, 11) is 1.32. The molecule has 1 aliphatic heterocycles. The van der Waals surface area contributed by atoms with Crippen LogP contribution >= 0.6 is 0 Å². The molecule has 0 aromatic heterocycles. The van der Waals surface area contributed by atoms with Gasteiger partial charge in [-0.25, -0.2) is 4.99 Å². The summed E-state index contributed by atoms with van der Waals surface area (Å²) in [6.45, 7) is 0. The van der Waals surface area contributed by atoms with Gasteiger partial charge in [0.15, 0.2) is 0 Å². The van der Waals surface area contributed by atoms with E-state index in [4.69, 9.17) is 0 Å². The summed E-state index contributed by atoms with van der Waals surface area (Å²) in [5.41, 5.74) is 0. The lowest BCUT2D eigenvalue weighted by Gasteiger charge is -2.10. The maximum absolute atomic E-state index is 11.6. The third-order valence-corrected chi connectivity index (χ3v) is 2.54. The largest absolute Gasteiger partial charge is 0.469 e. The zero-order valence-corrected chi connectivity index (χ0v) is 9.42. The fraction of sp³-hybridized carbons (Fsp3) is 0.333. The summed E-state index contributed by atoms with van der Waals surface area (Å²) in [5, 5.41) is 1.29. The maximum Gasteiger partial charge on any atom is 0.305 e. The van der Waals surface area contributed by atoms with Crippen molar-refractivity contribution in [3.8, 4) is 0 Å². The van der Waals surface area contributed by atoms with Crippen molar-refractivity contribution in [2.24, 2.45) is 9.98 Å². The van der Waals surface area contributed by atoms with Gasteiger partial charge in [-0.3, -0.25) is 14.6 Å². The van der Waals surface area contributed by atoms with Crippen LogP contribution in [0, 0.1) is 0 Å². The molecule has 0 bridgehead atoms. The van der Waals surface area contributed by atoms with Crippen LogP contribution in [0.2, 0.25) is 0 Å². The second-order valence-corrected chi connectivity index (χ2v) is 3.70. The second kappa shape index (κ2) is 4.86. The first-order chi connectivity index (χ1) is 8.20. The van der Waals surface area contributed by atoms with E-state index in [0.29, 0.717) is 17.1 Å². The Morgan fingerprint density at radius 2 is 2.06 bits per heavy atom. The van der Waals surface area contributed by atoms with Crippen LogP contribution < -0.4 is 10.7 Å². The Bertz CT molecular complexity index is 565. The lowest BCUT2D eigenvalue weighted by Crippen LogP contribution is -2.36. The van der Waals surface area contributed by atoms with Crippen LogP contribution in [0.5, 0.6) is 0 Å². The van der Waals surface area contributed by atoms with Crippen molar-refractivity contribution < 1.29 is 14.3 Å². The number of esters is 1. The Morgan fingerprint density at radius 1 is 1.35 bits per heavy atom. The highest BCUT2D eigenvalue weighted by molar-refractivity contribution is 5.84. The second-order valence-electron chi connectivity index (χ2n) is 3.70. The van der Waals surface area contributed by atoms with E-state index in [2.05, 4.69) is 14.7 Å². The van der Waals surface area contributed by atoms with E-state index in [1.807, 2.05) is 6.07 Å². The number of ether oxygens (including phenoxy) is 1. The molecule has 5 heteroatoms. The van der Waals surface area contributed by atoms with Crippen molar-refractivity contribution in [2.75, 3.05) is 7.11 Å². The number of carbonyl (C=O) groups excluding carboxylic acids is 2. The van der Waals surface area contributed by atoms with Gasteiger partial charge in [0.25, 0.3) is 5.91 Å². The van der Waals surface area contributed by atoms with Crippen LogP contribution in [-0.2, 0) is 14.3 Å². The van der Waals surface area contributed by atoms with Gasteiger partial charge in [-0.1, -0.05) is 12.1 Å². The average molecular weight is 232 g/mol. The van der Waals surface area contributed by atoms with Gasteiger partial charge in [-0.15, -0.1) is 0 Å². The van der Waals surface area contributed by atoms with Crippen molar-refractivity contribution in [1.29, 1.82) is 0 Å². The number of benzene rings is 1. The summed E-state index contributed by atoms with van der Waals surface area (Å²) in [5.74, 6) is -0.639. The van der Waals surface area contributed by atoms with E-state index in [0.717, 1.165) is 0 Å². The molecular formula is C12H12N2O3. The van der Waals surface area contributed by atoms with Gasteiger partial charge in [0, 0.05) is 6.42 Å². The molecule has 0 saturated heterocycles. The minimum absolute atomic E-state index is 0.175. The maximum atomic E-state index is 11.6. The molecule has 1 aliphatic rings. The number of rotatable bonds is 3. The number of methoxy groups -OCH3 is 1. The smallest absolute Gasteiger partial charge is 0.305 e. The number of amides is 1. The van der Waals surface area contributed by atoms with Crippen molar-refractivity contribution in [3.05, 3.63) is 35.0 Å². The molecule has 0 radical (unpaired) electrons. The van der Waals surface area contributed by atoms with E-state index in [-0.39, 0.29) is 18.3 Å². The van der Waals surface area contributed by atoms with Gasteiger partial charge in [-0.05, 0) is 18.6 Å². The van der Waals surface area contributed by atoms with Crippen molar-refractivity contribution in [2.45, 2.75) is 18.9 Å². The third-order valence-electron chi connectivity index (χ3n) is 2.54. The van der Waals surface area contributed by atoms with E-state index >= 15 is 0 Å². The summed E-state index contributed by atoms with van der Waals surface area (Å²) in [4.78, 5) is 30.9. The molecule has 0 saturated carbocycles.